The molecule has 1 fully saturated rings. The van der Waals surface area contributed by atoms with Gasteiger partial charge in [0, 0.05) is 12.7 Å². The molecule has 1 atom stereocenters. The number of hydrogen-bond acceptors (Lipinski definition) is 4. The van der Waals surface area contributed by atoms with Crippen LogP contribution in [0.15, 0.2) is 57.9 Å². The molecule has 4 rings (SSSR count). The van der Waals surface area contributed by atoms with Crippen molar-refractivity contribution in [1.82, 2.24) is 9.47 Å². The number of rotatable bonds is 6. The largest absolute Gasteiger partial charge is 0.444 e. The number of halogens is 3. The van der Waals surface area contributed by atoms with Crippen molar-refractivity contribution >= 4 is 32.8 Å². The quantitative estimate of drug-likeness (QED) is 0.386. The molecule has 1 aliphatic heterocycles. The number of nitrogens with zero attached hydrogens (tertiary/aromatic N) is 2. The summed E-state index contributed by atoms with van der Waals surface area (Å²) in [5.41, 5.74) is -0.535. The van der Waals surface area contributed by atoms with Crippen LogP contribution in [0.1, 0.15) is 32.3 Å². The predicted molar refractivity (Wildman–Crippen MR) is 127 cm³/mol. The van der Waals surface area contributed by atoms with Crippen molar-refractivity contribution in [3.05, 3.63) is 80.7 Å². The van der Waals surface area contributed by atoms with Gasteiger partial charge >= 0.3 is 6.09 Å². The van der Waals surface area contributed by atoms with E-state index in [1.807, 2.05) is 30.3 Å². The Morgan fingerprint density at radius 1 is 1.21 bits per heavy atom. The number of aryl methyl sites for hydroxylation is 1. The molecule has 34 heavy (non-hydrogen) atoms. The maximum Gasteiger partial charge on any atom is 0.412 e. The van der Waals surface area contributed by atoms with Crippen LogP contribution in [0.4, 0.5) is 13.6 Å². The first kappa shape index (κ1) is 24.3. The van der Waals surface area contributed by atoms with E-state index in [-0.39, 0.29) is 29.1 Å². The van der Waals surface area contributed by atoms with Crippen LogP contribution in [-0.4, -0.2) is 33.9 Å². The van der Waals surface area contributed by atoms with Crippen molar-refractivity contribution in [1.29, 1.82) is 0 Å². The maximum atomic E-state index is 14.4. The normalized spacial score (nSPS) is 17.3. The maximum absolute atomic E-state index is 14.4. The first-order chi connectivity index (χ1) is 16.2. The van der Waals surface area contributed by atoms with E-state index in [1.54, 1.807) is 31.0 Å². The van der Waals surface area contributed by atoms with Gasteiger partial charge in [0.2, 0.25) is 0 Å². The number of carbonyl (C=O) groups excluding carboxylic acids is 1. The highest BCUT2D eigenvalue weighted by Gasteiger charge is 2.44. The summed E-state index contributed by atoms with van der Waals surface area (Å²) in [5.74, 6) is -2.25. The molecule has 1 amide bonds. The molecule has 6 nitrogen and oxygen atoms in total. The number of fused-ring (bicyclic) bond motifs is 1. The molecule has 0 spiro atoms. The standard InChI is InChI=1S/C25H25BrF2N2O4/c1-25(2)30(24(32)33-14-16-7-4-3-5-8-16)18(15-34-25)9-6-11-29-12-10-17-13-19(26)21(27)22(28)20(17)23(29)31/h3-5,7-8,10,12-13,18H,6,9,11,14-15H2,1-2H3/t18-/m1/s1. The average molecular weight is 535 g/mol. The molecule has 1 aromatic heterocycles. The van der Waals surface area contributed by atoms with Crippen LogP contribution >= 0.6 is 15.9 Å². The molecule has 0 bridgehead atoms. The van der Waals surface area contributed by atoms with Gasteiger partial charge in [0.15, 0.2) is 11.6 Å². The predicted octanol–water partition coefficient (Wildman–Crippen LogP) is 5.60. The van der Waals surface area contributed by atoms with E-state index in [9.17, 15) is 18.4 Å². The Labute approximate surface area is 204 Å². The SMILES string of the molecule is CC1(C)OC[C@@H](CCCn2ccc3cc(Br)c(F)c(F)c3c2=O)N1C(=O)OCc1ccccc1. The van der Waals surface area contributed by atoms with Gasteiger partial charge in [-0.05, 0) is 65.7 Å². The summed E-state index contributed by atoms with van der Waals surface area (Å²) in [4.78, 5) is 27.2. The minimum absolute atomic E-state index is 0.0299. The summed E-state index contributed by atoms with van der Waals surface area (Å²) in [6.45, 7) is 4.40. The molecule has 1 saturated heterocycles. The lowest BCUT2D eigenvalue weighted by Crippen LogP contribution is -2.48. The molecule has 3 aromatic rings. The van der Waals surface area contributed by atoms with Crippen molar-refractivity contribution in [2.75, 3.05) is 6.61 Å². The lowest BCUT2D eigenvalue weighted by molar-refractivity contribution is -0.0494. The smallest absolute Gasteiger partial charge is 0.412 e. The number of hydrogen-bond donors (Lipinski definition) is 0. The van der Waals surface area contributed by atoms with Gasteiger partial charge in [-0.25, -0.2) is 13.6 Å². The fourth-order valence-electron chi connectivity index (χ4n) is 4.27. The van der Waals surface area contributed by atoms with Gasteiger partial charge in [-0.15, -0.1) is 0 Å². The lowest BCUT2D eigenvalue weighted by atomic mass is 10.1. The van der Waals surface area contributed by atoms with Gasteiger partial charge < -0.3 is 14.0 Å². The van der Waals surface area contributed by atoms with Crippen molar-refractivity contribution in [2.45, 2.75) is 51.6 Å². The fourth-order valence-corrected chi connectivity index (χ4v) is 4.69. The second-order valence-corrected chi connectivity index (χ2v) is 9.58. The summed E-state index contributed by atoms with van der Waals surface area (Å²) in [6, 6.07) is 12.1. The second kappa shape index (κ2) is 9.84. The highest BCUT2D eigenvalue weighted by atomic mass is 79.9. The number of aromatic nitrogens is 1. The van der Waals surface area contributed by atoms with Crippen molar-refractivity contribution < 1.29 is 23.0 Å². The molecule has 0 saturated carbocycles. The summed E-state index contributed by atoms with van der Waals surface area (Å²) in [7, 11) is 0. The Kier molecular flexibility index (Phi) is 7.04. The van der Waals surface area contributed by atoms with Crippen molar-refractivity contribution in [3.8, 4) is 0 Å². The van der Waals surface area contributed by atoms with E-state index < -0.39 is 29.0 Å². The van der Waals surface area contributed by atoms with Gasteiger partial charge in [-0.1, -0.05) is 30.3 Å². The lowest BCUT2D eigenvalue weighted by Gasteiger charge is -2.32. The fraction of sp³-hybridized carbons (Fsp3) is 0.360. The third kappa shape index (κ3) is 4.86. The Morgan fingerprint density at radius 2 is 1.94 bits per heavy atom. The number of pyridine rings is 1. The van der Waals surface area contributed by atoms with Crippen LogP contribution in [0, 0.1) is 11.6 Å². The highest BCUT2D eigenvalue weighted by molar-refractivity contribution is 9.10. The van der Waals surface area contributed by atoms with Gasteiger partial charge in [0.1, 0.15) is 12.3 Å². The van der Waals surface area contributed by atoms with Crippen LogP contribution in [0.2, 0.25) is 0 Å². The number of ether oxygens (including phenoxy) is 2. The zero-order valence-electron chi connectivity index (χ0n) is 18.9. The van der Waals surface area contributed by atoms with Crippen LogP contribution in [0.25, 0.3) is 10.8 Å². The third-order valence-corrected chi connectivity index (χ3v) is 6.59. The Bertz CT molecular complexity index is 1260. The van der Waals surface area contributed by atoms with E-state index in [0.717, 1.165) is 5.56 Å². The molecular formula is C25H25BrF2N2O4. The van der Waals surface area contributed by atoms with Crippen LogP contribution < -0.4 is 5.56 Å². The highest BCUT2D eigenvalue weighted by Crippen LogP contribution is 2.31. The van der Waals surface area contributed by atoms with Gasteiger partial charge in [0.25, 0.3) is 5.56 Å². The zero-order chi connectivity index (χ0) is 24.5. The molecule has 2 heterocycles. The van der Waals surface area contributed by atoms with Gasteiger partial charge in [-0.3, -0.25) is 9.69 Å². The van der Waals surface area contributed by atoms with E-state index in [0.29, 0.717) is 24.8 Å². The zero-order valence-corrected chi connectivity index (χ0v) is 20.5. The summed E-state index contributed by atoms with van der Waals surface area (Å²) < 4.78 is 41.0. The minimum Gasteiger partial charge on any atom is -0.444 e. The average Bonchev–Trinajstić information content (AvgIpc) is 3.12. The number of carbonyl (C=O) groups is 1. The molecule has 2 aromatic carbocycles. The summed E-state index contributed by atoms with van der Waals surface area (Å²) >= 11 is 2.96. The van der Waals surface area contributed by atoms with Crippen LogP contribution in [0.3, 0.4) is 0 Å². The summed E-state index contributed by atoms with van der Waals surface area (Å²) in [5, 5.41) is 0.0463. The Balaban J connectivity index is 1.43. The first-order valence-electron chi connectivity index (χ1n) is 11.0. The van der Waals surface area contributed by atoms with E-state index in [4.69, 9.17) is 9.47 Å². The topological polar surface area (TPSA) is 60.8 Å². The molecule has 0 radical (unpaired) electrons. The molecule has 0 N–H and O–H groups in total. The molecule has 0 unspecified atom stereocenters. The van der Waals surface area contributed by atoms with E-state index in [1.165, 1.54) is 10.6 Å². The molecule has 180 valence electrons. The minimum atomic E-state index is -1.16. The van der Waals surface area contributed by atoms with E-state index >= 15 is 0 Å². The monoisotopic (exact) mass is 534 g/mol. The summed E-state index contributed by atoms with van der Waals surface area (Å²) in [6.07, 6.45) is 2.17. The second-order valence-electron chi connectivity index (χ2n) is 8.73. The molecule has 9 heteroatoms. The third-order valence-electron chi connectivity index (χ3n) is 6.01. The Hall–Kier alpha value is -2.78. The van der Waals surface area contributed by atoms with Crippen LogP contribution in [0.5, 0.6) is 0 Å². The van der Waals surface area contributed by atoms with Gasteiger partial charge in [0.05, 0.1) is 22.5 Å². The van der Waals surface area contributed by atoms with Crippen molar-refractivity contribution in [3.63, 3.8) is 0 Å². The van der Waals surface area contributed by atoms with E-state index in [2.05, 4.69) is 15.9 Å². The first-order valence-corrected chi connectivity index (χ1v) is 11.8. The Morgan fingerprint density at radius 3 is 2.68 bits per heavy atom. The van der Waals surface area contributed by atoms with Crippen LogP contribution in [-0.2, 0) is 22.6 Å². The van der Waals surface area contributed by atoms with Crippen molar-refractivity contribution in [2.24, 2.45) is 0 Å². The van der Waals surface area contributed by atoms with Gasteiger partial charge in [-0.2, -0.15) is 0 Å². The molecule has 0 aliphatic carbocycles. The molecule has 1 aliphatic rings. The number of benzene rings is 2. The number of amides is 1. The molecular weight excluding hydrogens is 510 g/mol.